The van der Waals surface area contributed by atoms with Gasteiger partial charge in [0, 0.05) is 18.2 Å². The van der Waals surface area contributed by atoms with Gasteiger partial charge in [0.25, 0.3) is 0 Å². The number of carboxylic acid groups (broad SMARTS) is 1. The molecule has 3 N–H and O–H groups in total. The first-order chi connectivity index (χ1) is 9.06. The predicted molar refractivity (Wildman–Crippen MR) is 66.7 cm³/mol. The summed E-state index contributed by atoms with van der Waals surface area (Å²) in [7, 11) is 0. The van der Waals surface area contributed by atoms with Gasteiger partial charge in [0.1, 0.15) is 17.7 Å². The van der Waals surface area contributed by atoms with Gasteiger partial charge in [-0.1, -0.05) is 0 Å². The van der Waals surface area contributed by atoms with E-state index in [1.165, 1.54) is 18.3 Å². The maximum Gasteiger partial charge on any atom is 0.320 e. The van der Waals surface area contributed by atoms with Crippen LogP contribution in [0.4, 0.5) is 4.39 Å². The molecule has 0 aliphatic heterocycles. The van der Waals surface area contributed by atoms with Crippen LogP contribution in [-0.4, -0.2) is 27.1 Å². The number of aromatic nitrogens is 2. The SMILES string of the molecule is NC(Cc1nccc(-c2ccc(F)cc2)n1)C(=O)O. The molecular formula is C13H12FN3O2. The summed E-state index contributed by atoms with van der Waals surface area (Å²) in [5.74, 6) is -1.08. The third-order valence-electron chi connectivity index (χ3n) is 2.57. The third-order valence-corrected chi connectivity index (χ3v) is 2.57. The Labute approximate surface area is 108 Å². The van der Waals surface area contributed by atoms with Gasteiger partial charge in [-0.2, -0.15) is 0 Å². The molecule has 0 fully saturated rings. The van der Waals surface area contributed by atoms with Crippen LogP contribution in [-0.2, 0) is 11.2 Å². The molecule has 6 heteroatoms. The number of rotatable bonds is 4. The van der Waals surface area contributed by atoms with Gasteiger partial charge in [-0.05, 0) is 30.3 Å². The summed E-state index contributed by atoms with van der Waals surface area (Å²) in [6, 6.07) is 6.49. The topological polar surface area (TPSA) is 89.1 Å². The zero-order chi connectivity index (χ0) is 13.8. The van der Waals surface area contributed by atoms with E-state index in [-0.39, 0.29) is 12.2 Å². The fourth-order valence-electron chi connectivity index (χ4n) is 1.56. The number of hydrogen-bond acceptors (Lipinski definition) is 4. The molecule has 0 saturated heterocycles. The molecule has 2 rings (SSSR count). The lowest BCUT2D eigenvalue weighted by Crippen LogP contribution is -2.32. The van der Waals surface area contributed by atoms with Crippen molar-refractivity contribution in [2.45, 2.75) is 12.5 Å². The lowest BCUT2D eigenvalue weighted by molar-refractivity contribution is -0.138. The van der Waals surface area contributed by atoms with Crippen LogP contribution in [0.5, 0.6) is 0 Å². The zero-order valence-corrected chi connectivity index (χ0v) is 9.95. The minimum Gasteiger partial charge on any atom is -0.480 e. The van der Waals surface area contributed by atoms with Crippen LogP contribution in [0.3, 0.4) is 0 Å². The Balaban J connectivity index is 2.24. The monoisotopic (exact) mass is 261 g/mol. The number of nitrogens with two attached hydrogens (primary N) is 1. The molecule has 0 saturated carbocycles. The van der Waals surface area contributed by atoms with Crippen molar-refractivity contribution in [3.63, 3.8) is 0 Å². The Bertz CT molecular complexity index is 587. The molecular weight excluding hydrogens is 249 g/mol. The second-order valence-corrected chi connectivity index (χ2v) is 4.01. The van der Waals surface area contributed by atoms with Crippen LogP contribution in [0.15, 0.2) is 36.5 Å². The zero-order valence-electron chi connectivity index (χ0n) is 9.95. The van der Waals surface area contributed by atoms with E-state index in [0.29, 0.717) is 11.5 Å². The highest BCUT2D eigenvalue weighted by Gasteiger charge is 2.14. The molecule has 2 aromatic rings. The van der Waals surface area contributed by atoms with Crippen molar-refractivity contribution >= 4 is 5.97 Å². The van der Waals surface area contributed by atoms with Crippen molar-refractivity contribution < 1.29 is 14.3 Å². The molecule has 1 atom stereocenters. The molecule has 5 nitrogen and oxygen atoms in total. The van der Waals surface area contributed by atoms with E-state index in [9.17, 15) is 9.18 Å². The summed E-state index contributed by atoms with van der Waals surface area (Å²) < 4.78 is 12.8. The van der Waals surface area contributed by atoms with E-state index in [1.807, 2.05) is 0 Å². The van der Waals surface area contributed by atoms with Crippen LogP contribution in [0, 0.1) is 5.82 Å². The minimum atomic E-state index is -1.10. The molecule has 1 heterocycles. The number of carbonyl (C=O) groups is 1. The lowest BCUT2D eigenvalue weighted by Gasteiger charge is -2.06. The fourth-order valence-corrected chi connectivity index (χ4v) is 1.56. The highest BCUT2D eigenvalue weighted by molar-refractivity contribution is 5.73. The molecule has 0 aliphatic rings. The van der Waals surface area contributed by atoms with Crippen LogP contribution in [0.25, 0.3) is 11.3 Å². The van der Waals surface area contributed by atoms with Crippen LogP contribution in [0.2, 0.25) is 0 Å². The number of carboxylic acids is 1. The normalized spacial score (nSPS) is 12.1. The summed E-state index contributed by atoms with van der Waals surface area (Å²) in [6.45, 7) is 0. The van der Waals surface area contributed by atoms with E-state index in [1.54, 1.807) is 18.2 Å². The highest BCUT2D eigenvalue weighted by atomic mass is 19.1. The number of nitrogens with zero attached hydrogens (tertiary/aromatic N) is 2. The quantitative estimate of drug-likeness (QED) is 0.864. The van der Waals surface area contributed by atoms with Crippen molar-refractivity contribution in [3.05, 3.63) is 48.2 Å². The van der Waals surface area contributed by atoms with Gasteiger partial charge in [0.2, 0.25) is 0 Å². The third kappa shape index (κ3) is 3.32. The van der Waals surface area contributed by atoms with Crippen molar-refractivity contribution in [1.29, 1.82) is 0 Å². The molecule has 0 bridgehead atoms. The second-order valence-electron chi connectivity index (χ2n) is 4.01. The van der Waals surface area contributed by atoms with E-state index >= 15 is 0 Å². The van der Waals surface area contributed by atoms with Crippen molar-refractivity contribution in [3.8, 4) is 11.3 Å². The Morgan fingerprint density at radius 1 is 1.32 bits per heavy atom. The highest BCUT2D eigenvalue weighted by Crippen LogP contribution is 2.16. The van der Waals surface area contributed by atoms with Crippen molar-refractivity contribution in [1.82, 2.24) is 9.97 Å². The van der Waals surface area contributed by atoms with Crippen LogP contribution >= 0.6 is 0 Å². The molecule has 19 heavy (non-hydrogen) atoms. The van der Waals surface area contributed by atoms with Crippen LogP contribution in [0.1, 0.15) is 5.82 Å². The average molecular weight is 261 g/mol. The van der Waals surface area contributed by atoms with E-state index in [4.69, 9.17) is 10.8 Å². The maximum atomic E-state index is 12.8. The first kappa shape index (κ1) is 13.1. The summed E-state index contributed by atoms with van der Waals surface area (Å²) >= 11 is 0. The van der Waals surface area contributed by atoms with Crippen molar-refractivity contribution in [2.24, 2.45) is 5.73 Å². The summed E-state index contributed by atoms with van der Waals surface area (Å²) in [5.41, 5.74) is 6.76. The average Bonchev–Trinajstić information content (AvgIpc) is 2.39. The summed E-state index contributed by atoms with van der Waals surface area (Å²) in [4.78, 5) is 18.9. The van der Waals surface area contributed by atoms with Gasteiger partial charge >= 0.3 is 5.97 Å². The van der Waals surface area contributed by atoms with E-state index < -0.39 is 12.0 Å². The standard InChI is InChI=1S/C13H12FN3O2/c14-9-3-1-8(2-4-9)11-5-6-16-12(17-11)7-10(15)13(18)19/h1-6,10H,7,15H2,(H,18,19). The number of hydrogen-bond donors (Lipinski definition) is 2. The lowest BCUT2D eigenvalue weighted by atomic mass is 10.1. The number of benzene rings is 1. The molecule has 0 radical (unpaired) electrons. The van der Waals surface area contributed by atoms with Gasteiger partial charge in [0.05, 0.1) is 5.69 Å². The molecule has 1 aromatic carbocycles. The Kier molecular flexibility index (Phi) is 3.82. The number of halogens is 1. The van der Waals surface area contributed by atoms with Gasteiger partial charge in [0.15, 0.2) is 0 Å². The molecule has 1 aromatic heterocycles. The first-order valence-electron chi connectivity index (χ1n) is 5.62. The van der Waals surface area contributed by atoms with Crippen LogP contribution < -0.4 is 5.73 Å². The van der Waals surface area contributed by atoms with E-state index in [2.05, 4.69) is 9.97 Å². The molecule has 98 valence electrons. The predicted octanol–water partition coefficient (Wildman–Crippen LogP) is 1.24. The summed E-state index contributed by atoms with van der Waals surface area (Å²) in [5, 5.41) is 8.74. The van der Waals surface area contributed by atoms with E-state index in [0.717, 1.165) is 5.56 Å². The molecule has 0 amide bonds. The Morgan fingerprint density at radius 3 is 2.63 bits per heavy atom. The molecule has 0 spiro atoms. The number of aliphatic carboxylic acids is 1. The first-order valence-corrected chi connectivity index (χ1v) is 5.62. The minimum absolute atomic E-state index is 0.0460. The smallest absolute Gasteiger partial charge is 0.320 e. The Morgan fingerprint density at radius 2 is 2.00 bits per heavy atom. The maximum absolute atomic E-state index is 12.8. The Hall–Kier alpha value is -2.34. The van der Waals surface area contributed by atoms with Gasteiger partial charge < -0.3 is 10.8 Å². The molecule has 0 aliphatic carbocycles. The van der Waals surface area contributed by atoms with Gasteiger partial charge in [-0.3, -0.25) is 4.79 Å². The molecule has 1 unspecified atom stereocenters. The fraction of sp³-hybridized carbons (Fsp3) is 0.154. The van der Waals surface area contributed by atoms with Crippen molar-refractivity contribution in [2.75, 3.05) is 0 Å². The second kappa shape index (κ2) is 5.53. The van der Waals surface area contributed by atoms with Gasteiger partial charge in [-0.25, -0.2) is 14.4 Å². The van der Waals surface area contributed by atoms with Gasteiger partial charge in [-0.15, -0.1) is 0 Å². The summed E-state index contributed by atoms with van der Waals surface area (Å²) in [6.07, 6.45) is 1.57. The largest absolute Gasteiger partial charge is 0.480 e.